The summed E-state index contributed by atoms with van der Waals surface area (Å²) < 4.78 is 34.4. The number of benzene rings is 1. The first-order valence-corrected chi connectivity index (χ1v) is 12.9. The average Bonchev–Trinajstić information content (AvgIpc) is 3.14. The quantitative estimate of drug-likeness (QED) is 0.460. The summed E-state index contributed by atoms with van der Waals surface area (Å²) in [5, 5.41) is 11.6. The highest BCUT2D eigenvalue weighted by molar-refractivity contribution is 7.86. The van der Waals surface area contributed by atoms with E-state index < -0.39 is 21.0 Å². The molecule has 0 aliphatic carbocycles. The minimum atomic E-state index is -3.56. The molecular weight excluding hydrogens is 450 g/mol. The summed E-state index contributed by atoms with van der Waals surface area (Å²) in [4.78, 5) is 27.9. The Morgan fingerprint density at radius 1 is 0.879 bits per heavy atom. The molecule has 0 aromatic heterocycles. The molecule has 1 aromatic rings. The first kappa shape index (κ1) is 23.9. The van der Waals surface area contributed by atoms with E-state index in [0.717, 1.165) is 31.4 Å². The maximum atomic E-state index is 13.3. The summed E-state index contributed by atoms with van der Waals surface area (Å²) in [5.41, 5.74) is 0.541. The number of nitro groups is 1. The second kappa shape index (κ2) is 10.3. The summed E-state index contributed by atoms with van der Waals surface area (Å²) in [6.07, 6.45) is 3.80. The lowest BCUT2D eigenvalue weighted by molar-refractivity contribution is -0.385. The van der Waals surface area contributed by atoms with Crippen molar-refractivity contribution in [3.8, 4) is 0 Å². The first-order chi connectivity index (χ1) is 15.9. The number of carbonyl (C=O) groups excluding carboxylic acids is 1. The highest BCUT2D eigenvalue weighted by Crippen LogP contribution is 2.28. The fraction of sp³-hybridized carbons (Fsp3) is 0.667. The highest BCUT2D eigenvalue weighted by atomic mass is 32.2. The van der Waals surface area contributed by atoms with Gasteiger partial charge in [-0.05, 0) is 25.0 Å². The standard InChI is InChI=1S/C21H31N5O6S/c27-21(19-17-18(5-6-20(19)26(28)29)22-13-15-32-16-14-22)23-9-11-25(12-10-23)33(30,31)24-7-3-1-2-4-8-24/h5-6,17H,1-4,7-16H2. The lowest BCUT2D eigenvalue weighted by atomic mass is 10.1. The van der Waals surface area contributed by atoms with Crippen molar-refractivity contribution in [2.24, 2.45) is 0 Å². The van der Waals surface area contributed by atoms with E-state index >= 15 is 0 Å². The van der Waals surface area contributed by atoms with Gasteiger partial charge in [-0.2, -0.15) is 17.0 Å². The molecule has 182 valence electrons. The maximum Gasteiger partial charge on any atom is 0.282 e. The van der Waals surface area contributed by atoms with E-state index in [0.29, 0.717) is 39.4 Å². The van der Waals surface area contributed by atoms with Crippen LogP contribution in [0.2, 0.25) is 0 Å². The van der Waals surface area contributed by atoms with E-state index in [1.54, 1.807) is 16.4 Å². The van der Waals surface area contributed by atoms with Gasteiger partial charge in [-0.15, -0.1) is 0 Å². The molecule has 0 N–H and O–H groups in total. The van der Waals surface area contributed by atoms with Gasteiger partial charge in [-0.3, -0.25) is 14.9 Å². The maximum absolute atomic E-state index is 13.3. The minimum absolute atomic E-state index is 0.0350. The Balaban J connectivity index is 1.47. The van der Waals surface area contributed by atoms with Gasteiger partial charge in [0.1, 0.15) is 5.56 Å². The number of carbonyl (C=O) groups is 1. The number of hydrogen-bond donors (Lipinski definition) is 0. The number of morpholine rings is 1. The number of nitro benzene ring substituents is 1. The molecule has 0 radical (unpaired) electrons. The van der Waals surface area contributed by atoms with Crippen molar-refractivity contribution in [3.63, 3.8) is 0 Å². The Morgan fingerprint density at radius 3 is 2.09 bits per heavy atom. The minimum Gasteiger partial charge on any atom is -0.378 e. The van der Waals surface area contributed by atoms with Gasteiger partial charge in [-0.25, -0.2) is 0 Å². The molecule has 3 heterocycles. The Morgan fingerprint density at radius 2 is 1.48 bits per heavy atom. The van der Waals surface area contributed by atoms with Crippen LogP contribution in [-0.2, 0) is 14.9 Å². The van der Waals surface area contributed by atoms with E-state index in [9.17, 15) is 23.3 Å². The van der Waals surface area contributed by atoms with Crippen molar-refractivity contribution >= 4 is 27.5 Å². The van der Waals surface area contributed by atoms with Crippen LogP contribution in [0.25, 0.3) is 0 Å². The van der Waals surface area contributed by atoms with Crippen LogP contribution in [0.5, 0.6) is 0 Å². The number of hydrogen-bond acceptors (Lipinski definition) is 7. The molecule has 0 spiro atoms. The molecule has 4 rings (SSSR count). The van der Waals surface area contributed by atoms with E-state index in [4.69, 9.17) is 4.74 Å². The molecule has 0 unspecified atom stereocenters. The SMILES string of the molecule is O=C(c1cc(N2CCOCC2)ccc1[N+](=O)[O-])N1CCN(S(=O)(=O)N2CCCCCC2)CC1. The van der Waals surface area contributed by atoms with Crippen LogP contribution < -0.4 is 4.90 Å². The predicted octanol–water partition coefficient (Wildman–Crippen LogP) is 1.31. The van der Waals surface area contributed by atoms with E-state index in [-0.39, 0.29) is 37.4 Å². The zero-order valence-electron chi connectivity index (χ0n) is 18.7. The largest absolute Gasteiger partial charge is 0.378 e. The number of amides is 1. The van der Waals surface area contributed by atoms with Gasteiger partial charge in [0.05, 0.1) is 18.1 Å². The smallest absolute Gasteiger partial charge is 0.282 e. The number of anilines is 1. The molecule has 0 saturated carbocycles. The lowest BCUT2D eigenvalue weighted by Crippen LogP contribution is -2.54. The van der Waals surface area contributed by atoms with Crippen LogP contribution in [0.15, 0.2) is 18.2 Å². The molecule has 1 aromatic carbocycles. The van der Waals surface area contributed by atoms with Crippen LogP contribution in [0.3, 0.4) is 0 Å². The van der Waals surface area contributed by atoms with Crippen molar-refractivity contribution < 1.29 is 22.9 Å². The molecule has 3 aliphatic heterocycles. The Labute approximate surface area is 194 Å². The van der Waals surface area contributed by atoms with Gasteiger partial charge >= 0.3 is 0 Å². The van der Waals surface area contributed by atoms with E-state index in [2.05, 4.69) is 0 Å². The van der Waals surface area contributed by atoms with Crippen LogP contribution >= 0.6 is 0 Å². The number of nitrogens with zero attached hydrogens (tertiary/aromatic N) is 5. The van der Waals surface area contributed by atoms with Crippen LogP contribution in [-0.4, -0.2) is 98.3 Å². The van der Waals surface area contributed by atoms with E-state index in [1.165, 1.54) is 15.3 Å². The van der Waals surface area contributed by atoms with Crippen molar-refractivity contribution in [2.75, 3.05) is 70.5 Å². The molecule has 0 atom stereocenters. The molecule has 11 nitrogen and oxygen atoms in total. The van der Waals surface area contributed by atoms with Gasteiger partial charge in [0.25, 0.3) is 21.8 Å². The summed E-state index contributed by atoms with van der Waals surface area (Å²) in [6.45, 7) is 4.25. The van der Waals surface area contributed by atoms with Crippen molar-refractivity contribution in [1.29, 1.82) is 0 Å². The number of piperazine rings is 1. The normalized spacial score (nSPS) is 21.6. The zero-order chi connectivity index (χ0) is 23.4. The number of ether oxygens (including phenoxy) is 1. The van der Waals surface area contributed by atoms with E-state index in [1.807, 2.05) is 4.90 Å². The summed E-state index contributed by atoms with van der Waals surface area (Å²) >= 11 is 0. The van der Waals surface area contributed by atoms with Crippen molar-refractivity contribution in [2.45, 2.75) is 25.7 Å². The average molecular weight is 482 g/mol. The topological polar surface area (TPSA) is 117 Å². The Kier molecular flexibility index (Phi) is 7.47. The summed E-state index contributed by atoms with van der Waals surface area (Å²) in [7, 11) is -3.56. The lowest BCUT2D eigenvalue weighted by Gasteiger charge is -2.36. The summed E-state index contributed by atoms with van der Waals surface area (Å²) in [5.74, 6) is -0.441. The zero-order valence-corrected chi connectivity index (χ0v) is 19.5. The third-order valence-corrected chi connectivity index (χ3v) is 8.56. The molecule has 3 aliphatic rings. The predicted molar refractivity (Wildman–Crippen MR) is 123 cm³/mol. The number of rotatable bonds is 5. The second-order valence-electron chi connectivity index (χ2n) is 8.57. The molecule has 33 heavy (non-hydrogen) atoms. The molecular formula is C21H31N5O6S. The van der Waals surface area contributed by atoms with Crippen LogP contribution in [0, 0.1) is 10.1 Å². The third kappa shape index (κ3) is 5.29. The van der Waals surface area contributed by atoms with Crippen LogP contribution in [0.4, 0.5) is 11.4 Å². The van der Waals surface area contributed by atoms with Gasteiger partial charge < -0.3 is 14.5 Å². The van der Waals surface area contributed by atoms with Gasteiger partial charge in [0.2, 0.25) is 0 Å². The first-order valence-electron chi connectivity index (χ1n) is 11.5. The third-order valence-electron chi connectivity index (χ3n) is 6.53. The molecule has 0 bridgehead atoms. The van der Waals surface area contributed by atoms with Crippen molar-refractivity contribution in [1.82, 2.24) is 13.5 Å². The molecule has 12 heteroatoms. The van der Waals surface area contributed by atoms with Gasteiger partial charge in [-0.1, -0.05) is 12.8 Å². The Hall–Kier alpha value is -2.28. The molecule has 1 amide bonds. The fourth-order valence-electron chi connectivity index (χ4n) is 4.60. The van der Waals surface area contributed by atoms with Gasteiger partial charge in [0, 0.05) is 64.1 Å². The highest BCUT2D eigenvalue weighted by Gasteiger charge is 2.35. The molecule has 3 fully saturated rings. The van der Waals surface area contributed by atoms with Crippen molar-refractivity contribution in [3.05, 3.63) is 33.9 Å². The molecule has 3 saturated heterocycles. The monoisotopic (exact) mass is 481 g/mol. The Bertz CT molecular complexity index is 965. The van der Waals surface area contributed by atoms with Crippen LogP contribution in [0.1, 0.15) is 36.0 Å². The van der Waals surface area contributed by atoms with Gasteiger partial charge in [0.15, 0.2) is 0 Å². The second-order valence-corrected chi connectivity index (χ2v) is 10.5. The fourth-order valence-corrected chi connectivity index (χ4v) is 6.27. The summed E-state index contributed by atoms with van der Waals surface area (Å²) in [6, 6.07) is 4.61.